The minimum Gasteiger partial charge on any atom is -0.481 e. The Kier molecular flexibility index (Phi) is 4.13. The van der Waals surface area contributed by atoms with Crippen molar-refractivity contribution in [3.05, 3.63) is 42.4 Å². The van der Waals surface area contributed by atoms with Crippen LogP contribution in [0.1, 0.15) is 10.5 Å². The summed E-state index contributed by atoms with van der Waals surface area (Å²) in [5.74, 6) is 1.07. The first-order chi connectivity index (χ1) is 10.8. The molecule has 0 aliphatic carbocycles. The molecular weight excluding hydrogens is 282 g/mol. The van der Waals surface area contributed by atoms with Gasteiger partial charge in [-0.05, 0) is 12.1 Å². The van der Waals surface area contributed by atoms with Crippen LogP contribution in [-0.2, 0) is 0 Å². The third kappa shape index (κ3) is 2.98. The minimum atomic E-state index is -0.0764. The van der Waals surface area contributed by atoms with E-state index in [0.717, 1.165) is 0 Å². The van der Waals surface area contributed by atoms with Gasteiger partial charge >= 0.3 is 0 Å². The summed E-state index contributed by atoms with van der Waals surface area (Å²) in [5, 5.41) is 0. The van der Waals surface area contributed by atoms with Crippen LogP contribution in [0.15, 0.2) is 36.7 Å². The topological polar surface area (TPSA) is 71.5 Å². The molecule has 3 rings (SSSR count). The molecule has 0 radical (unpaired) electrons. The maximum absolute atomic E-state index is 12.5. The average molecular weight is 299 g/mol. The summed E-state index contributed by atoms with van der Waals surface area (Å²) in [6, 6.07) is 6.99. The Labute approximate surface area is 128 Å². The summed E-state index contributed by atoms with van der Waals surface area (Å²) in [6.45, 7) is 2.66. The van der Waals surface area contributed by atoms with Gasteiger partial charge in [-0.1, -0.05) is 6.07 Å². The Morgan fingerprint density at radius 3 is 2.50 bits per heavy atom. The molecule has 1 aliphatic heterocycles. The molecule has 0 atom stereocenters. The van der Waals surface area contributed by atoms with Gasteiger partial charge in [0.25, 0.3) is 5.91 Å². The third-order valence-corrected chi connectivity index (χ3v) is 3.55. The number of nitrogens with zero attached hydrogens (tertiary/aromatic N) is 5. The van der Waals surface area contributed by atoms with E-state index in [1.807, 2.05) is 0 Å². The number of piperazine rings is 1. The van der Waals surface area contributed by atoms with E-state index < -0.39 is 0 Å². The van der Waals surface area contributed by atoms with Gasteiger partial charge in [-0.15, -0.1) is 0 Å². The van der Waals surface area contributed by atoms with Crippen molar-refractivity contribution < 1.29 is 9.53 Å². The predicted octanol–water partition coefficient (Wildman–Crippen LogP) is 0.843. The zero-order valence-corrected chi connectivity index (χ0v) is 12.3. The van der Waals surface area contributed by atoms with Crippen molar-refractivity contribution in [2.75, 3.05) is 38.2 Å². The number of anilines is 1. The van der Waals surface area contributed by atoms with E-state index in [4.69, 9.17) is 4.74 Å². The number of rotatable bonds is 3. The Bertz CT molecular complexity index is 641. The quantitative estimate of drug-likeness (QED) is 0.836. The van der Waals surface area contributed by atoms with Crippen molar-refractivity contribution >= 4 is 11.9 Å². The van der Waals surface area contributed by atoms with Gasteiger partial charge in [-0.25, -0.2) is 15.0 Å². The van der Waals surface area contributed by atoms with Crippen LogP contribution in [0.5, 0.6) is 5.88 Å². The highest BCUT2D eigenvalue weighted by molar-refractivity contribution is 5.92. The van der Waals surface area contributed by atoms with Crippen LogP contribution in [-0.4, -0.2) is 59.0 Å². The number of aromatic nitrogens is 3. The minimum absolute atomic E-state index is 0.0764. The van der Waals surface area contributed by atoms with Crippen molar-refractivity contribution in [1.29, 1.82) is 0 Å². The molecule has 0 bridgehead atoms. The van der Waals surface area contributed by atoms with Crippen molar-refractivity contribution in [1.82, 2.24) is 19.9 Å². The molecule has 3 heterocycles. The maximum atomic E-state index is 12.5. The van der Waals surface area contributed by atoms with E-state index in [-0.39, 0.29) is 5.91 Å². The molecular formula is C15H17N5O2. The summed E-state index contributed by atoms with van der Waals surface area (Å²) in [6.07, 6.45) is 3.44. The summed E-state index contributed by atoms with van der Waals surface area (Å²) < 4.78 is 5.06. The van der Waals surface area contributed by atoms with Crippen LogP contribution < -0.4 is 9.64 Å². The van der Waals surface area contributed by atoms with Crippen molar-refractivity contribution in [3.63, 3.8) is 0 Å². The second-order valence-electron chi connectivity index (χ2n) is 4.89. The van der Waals surface area contributed by atoms with Crippen molar-refractivity contribution in [2.45, 2.75) is 0 Å². The predicted molar refractivity (Wildman–Crippen MR) is 80.9 cm³/mol. The van der Waals surface area contributed by atoms with Crippen LogP contribution in [0.2, 0.25) is 0 Å². The summed E-state index contributed by atoms with van der Waals surface area (Å²) in [4.78, 5) is 29.0. The van der Waals surface area contributed by atoms with Crippen LogP contribution in [0, 0.1) is 0 Å². The second kappa shape index (κ2) is 6.38. The number of pyridine rings is 1. The van der Waals surface area contributed by atoms with Gasteiger partial charge in [0.15, 0.2) is 0 Å². The zero-order chi connectivity index (χ0) is 15.4. The smallest absolute Gasteiger partial charge is 0.272 e. The summed E-state index contributed by atoms with van der Waals surface area (Å²) in [5.41, 5.74) is 0.406. The van der Waals surface area contributed by atoms with E-state index in [0.29, 0.717) is 43.7 Å². The fourth-order valence-corrected chi connectivity index (χ4v) is 2.37. The Balaban J connectivity index is 1.64. The highest BCUT2D eigenvalue weighted by Gasteiger charge is 2.24. The molecule has 1 amide bonds. The molecule has 1 fully saturated rings. The maximum Gasteiger partial charge on any atom is 0.272 e. The lowest BCUT2D eigenvalue weighted by Gasteiger charge is -2.34. The van der Waals surface area contributed by atoms with E-state index in [9.17, 15) is 4.79 Å². The van der Waals surface area contributed by atoms with Gasteiger partial charge in [0.2, 0.25) is 11.8 Å². The largest absolute Gasteiger partial charge is 0.481 e. The molecule has 0 saturated carbocycles. The number of ether oxygens (including phenoxy) is 1. The van der Waals surface area contributed by atoms with E-state index in [1.54, 1.807) is 41.6 Å². The Hall–Kier alpha value is -2.70. The van der Waals surface area contributed by atoms with Crippen molar-refractivity contribution in [3.8, 4) is 5.88 Å². The number of methoxy groups -OCH3 is 1. The van der Waals surface area contributed by atoms with Gasteiger partial charge in [-0.3, -0.25) is 4.79 Å². The van der Waals surface area contributed by atoms with E-state index >= 15 is 0 Å². The molecule has 2 aromatic rings. The van der Waals surface area contributed by atoms with Gasteiger partial charge in [-0.2, -0.15) is 0 Å². The highest BCUT2D eigenvalue weighted by atomic mass is 16.5. The highest BCUT2D eigenvalue weighted by Crippen LogP contribution is 2.13. The molecule has 0 spiro atoms. The second-order valence-corrected chi connectivity index (χ2v) is 4.89. The van der Waals surface area contributed by atoms with Crippen LogP contribution in [0.3, 0.4) is 0 Å². The van der Waals surface area contributed by atoms with Crippen LogP contribution in [0.25, 0.3) is 0 Å². The summed E-state index contributed by atoms with van der Waals surface area (Å²) >= 11 is 0. The molecule has 0 unspecified atom stereocenters. The van der Waals surface area contributed by atoms with Gasteiger partial charge < -0.3 is 14.5 Å². The first kappa shape index (κ1) is 14.2. The molecule has 7 heteroatoms. The van der Waals surface area contributed by atoms with Gasteiger partial charge in [0.05, 0.1) is 7.11 Å². The lowest BCUT2D eigenvalue weighted by molar-refractivity contribution is 0.0739. The first-order valence-corrected chi connectivity index (χ1v) is 7.10. The molecule has 114 valence electrons. The molecule has 1 saturated heterocycles. The Morgan fingerprint density at radius 2 is 1.82 bits per heavy atom. The van der Waals surface area contributed by atoms with Crippen LogP contribution in [0.4, 0.5) is 5.95 Å². The number of hydrogen-bond donors (Lipinski definition) is 0. The molecule has 1 aliphatic rings. The molecule has 22 heavy (non-hydrogen) atoms. The molecule has 0 aromatic carbocycles. The monoisotopic (exact) mass is 299 g/mol. The number of carbonyl (C=O) groups is 1. The van der Waals surface area contributed by atoms with Gasteiger partial charge in [0, 0.05) is 44.6 Å². The first-order valence-electron chi connectivity index (χ1n) is 7.10. The lowest BCUT2D eigenvalue weighted by atomic mass is 10.2. The molecule has 2 aromatic heterocycles. The SMILES string of the molecule is COc1cccc(C(=O)N2CCN(c3ncccn3)CC2)n1. The summed E-state index contributed by atoms with van der Waals surface area (Å²) in [7, 11) is 1.54. The number of amides is 1. The third-order valence-electron chi connectivity index (χ3n) is 3.55. The zero-order valence-electron chi connectivity index (χ0n) is 12.3. The average Bonchev–Trinajstić information content (AvgIpc) is 2.62. The Morgan fingerprint density at radius 1 is 1.09 bits per heavy atom. The van der Waals surface area contributed by atoms with E-state index in [1.165, 1.54) is 7.11 Å². The van der Waals surface area contributed by atoms with E-state index in [2.05, 4.69) is 19.9 Å². The lowest BCUT2D eigenvalue weighted by Crippen LogP contribution is -2.49. The van der Waals surface area contributed by atoms with Crippen molar-refractivity contribution in [2.24, 2.45) is 0 Å². The molecule has 0 N–H and O–H groups in total. The fraction of sp³-hybridized carbons (Fsp3) is 0.333. The molecule has 7 nitrogen and oxygen atoms in total. The number of hydrogen-bond acceptors (Lipinski definition) is 6. The number of carbonyl (C=O) groups excluding carboxylic acids is 1. The van der Waals surface area contributed by atoms with Crippen LogP contribution >= 0.6 is 0 Å². The standard InChI is InChI=1S/C15H17N5O2/c1-22-13-5-2-4-12(18-13)14(21)19-8-10-20(11-9-19)15-16-6-3-7-17-15/h2-7H,8-11H2,1H3. The van der Waals surface area contributed by atoms with Gasteiger partial charge in [0.1, 0.15) is 5.69 Å². The normalized spacial score (nSPS) is 14.8. The fourth-order valence-electron chi connectivity index (χ4n) is 2.37.